The molecule has 36 heavy (non-hydrogen) atoms. The number of phosphoric acid groups is 1. The molecule has 2 aliphatic heterocycles. The lowest BCUT2D eigenvalue weighted by Crippen LogP contribution is -2.47. The summed E-state index contributed by atoms with van der Waals surface area (Å²) in [5.74, 6) is -0.493. The summed E-state index contributed by atoms with van der Waals surface area (Å²) in [6.07, 6.45) is 2.49. The van der Waals surface area contributed by atoms with Crippen LogP contribution >= 0.6 is 7.82 Å². The fourth-order valence-electron chi connectivity index (χ4n) is 4.33. The van der Waals surface area contributed by atoms with E-state index in [1.54, 1.807) is 24.5 Å². The first-order chi connectivity index (χ1) is 17.2. The van der Waals surface area contributed by atoms with Crippen LogP contribution in [0.1, 0.15) is 38.2 Å². The van der Waals surface area contributed by atoms with Crippen LogP contribution in [-0.4, -0.2) is 66.6 Å². The first-order valence-corrected chi connectivity index (χ1v) is 12.6. The SMILES string of the molecule is CC(=O)O[C@@H]1[C@@H](COP2(=O)OCC[C@H](c3ccncc3)O2)O[C@@H](n2cnc3c(N)ncnc32)[C@]1(C)O. The number of rotatable bonds is 6. The lowest BCUT2D eigenvalue weighted by molar-refractivity contribution is -0.161. The predicted octanol–water partition coefficient (Wildman–Crippen LogP) is 1.69. The van der Waals surface area contributed by atoms with E-state index >= 15 is 0 Å². The molecule has 3 N–H and O–H groups in total. The number of hydrogen-bond donors (Lipinski definition) is 2. The molecule has 0 bridgehead atoms. The minimum absolute atomic E-state index is 0.145. The van der Waals surface area contributed by atoms with Crippen LogP contribution in [0.2, 0.25) is 0 Å². The maximum Gasteiger partial charge on any atom is 0.475 e. The standard InChI is InChI=1S/C21H25N6O8P/c1-12(28)33-17-15(9-32-36(30)31-8-5-14(35-36)13-3-6-23-7-4-13)34-20(21(17,2)29)27-11-26-16-18(22)24-10-25-19(16)27/h3-4,6-7,10-11,14-15,17,20,29H,5,8-9H2,1-2H3,(H2,22,24,25)/t14-,15-,17-,20-,21-,36?/m1/s1. The van der Waals surface area contributed by atoms with E-state index in [-0.39, 0.29) is 19.0 Å². The van der Waals surface area contributed by atoms with Crippen molar-refractivity contribution >= 4 is 30.8 Å². The number of imidazole rings is 1. The Bertz CT molecular complexity index is 1300. The summed E-state index contributed by atoms with van der Waals surface area (Å²) in [6.45, 7) is 2.42. The zero-order valence-corrected chi connectivity index (χ0v) is 20.4. The Morgan fingerprint density at radius 3 is 2.86 bits per heavy atom. The maximum absolute atomic E-state index is 13.2. The quantitative estimate of drug-likeness (QED) is 0.354. The molecule has 3 aromatic heterocycles. The van der Waals surface area contributed by atoms with E-state index in [9.17, 15) is 14.5 Å². The number of pyridine rings is 1. The number of carbonyl (C=O) groups excluding carboxylic acids is 1. The van der Waals surface area contributed by atoms with Crippen molar-refractivity contribution in [2.45, 2.75) is 50.4 Å². The first kappa shape index (κ1) is 24.7. The molecule has 1 unspecified atom stereocenters. The number of hydrogen-bond acceptors (Lipinski definition) is 13. The van der Waals surface area contributed by atoms with Gasteiger partial charge in [-0.05, 0) is 24.6 Å². The molecule has 15 heteroatoms. The van der Waals surface area contributed by atoms with E-state index in [1.807, 2.05) is 0 Å². The van der Waals surface area contributed by atoms with Crippen LogP contribution in [0.25, 0.3) is 11.2 Å². The van der Waals surface area contributed by atoms with Crippen LogP contribution in [0.4, 0.5) is 5.82 Å². The van der Waals surface area contributed by atoms with Gasteiger partial charge in [0.1, 0.15) is 23.5 Å². The number of aliphatic hydroxyl groups is 1. The van der Waals surface area contributed by atoms with Gasteiger partial charge in [0.2, 0.25) is 0 Å². The Morgan fingerprint density at radius 2 is 2.11 bits per heavy atom. The van der Waals surface area contributed by atoms with Gasteiger partial charge in [0.15, 0.2) is 23.8 Å². The van der Waals surface area contributed by atoms with Gasteiger partial charge in [-0.2, -0.15) is 0 Å². The molecule has 0 amide bonds. The van der Waals surface area contributed by atoms with Crippen LogP contribution in [0, 0.1) is 0 Å². The summed E-state index contributed by atoms with van der Waals surface area (Å²) in [5.41, 5.74) is 5.52. The molecule has 2 fully saturated rings. The first-order valence-electron chi connectivity index (χ1n) is 11.1. The van der Waals surface area contributed by atoms with Crippen molar-refractivity contribution in [3.8, 4) is 0 Å². The molecule has 6 atom stereocenters. The highest BCUT2D eigenvalue weighted by Gasteiger charge is 2.57. The number of fused-ring (bicyclic) bond motifs is 1. The van der Waals surface area contributed by atoms with Crippen LogP contribution in [0.5, 0.6) is 0 Å². The number of ether oxygens (including phenoxy) is 2. The van der Waals surface area contributed by atoms with E-state index in [2.05, 4.69) is 19.9 Å². The molecule has 5 heterocycles. The molecule has 0 radical (unpaired) electrons. The Morgan fingerprint density at radius 1 is 1.33 bits per heavy atom. The average molecular weight is 520 g/mol. The Hall–Kier alpha value is -3.00. The van der Waals surface area contributed by atoms with Crippen molar-refractivity contribution in [2.24, 2.45) is 0 Å². The molecular formula is C21H25N6O8P. The number of carbonyl (C=O) groups is 1. The third kappa shape index (κ3) is 4.59. The lowest BCUT2D eigenvalue weighted by atomic mass is 9.96. The second kappa shape index (κ2) is 9.47. The zero-order valence-electron chi connectivity index (χ0n) is 19.5. The Kier molecular flexibility index (Phi) is 6.49. The van der Waals surface area contributed by atoms with Gasteiger partial charge in [0.25, 0.3) is 0 Å². The van der Waals surface area contributed by atoms with E-state index < -0.39 is 43.9 Å². The van der Waals surface area contributed by atoms with Gasteiger partial charge in [-0.25, -0.2) is 19.5 Å². The van der Waals surface area contributed by atoms with Gasteiger partial charge in [-0.1, -0.05) is 0 Å². The Balaban J connectivity index is 1.37. The monoisotopic (exact) mass is 520 g/mol. The van der Waals surface area contributed by atoms with Crippen LogP contribution in [0.15, 0.2) is 37.2 Å². The molecule has 3 aromatic rings. The van der Waals surface area contributed by atoms with Crippen molar-refractivity contribution in [2.75, 3.05) is 18.9 Å². The summed E-state index contributed by atoms with van der Waals surface area (Å²) in [6, 6.07) is 3.51. The number of phosphoric ester groups is 1. The van der Waals surface area contributed by atoms with Gasteiger partial charge in [0.05, 0.1) is 25.6 Å². The van der Waals surface area contributed by atoms with E-state index in [0.29, 0.717) is 17.6 Å². The molecule has 0 spiro atoms. The van der Waals surface area contributed by atoms with Crippen molar-refractivity contribution < 1.29 is 37.5 Å². The molecule has 0 saturated carbocycles. The zero-order chi connectivity index (χ0) is 25.5. The molecule has 14 nitrogen and oxygen atoms in total. The topological polar surface area (TPSA) is 183 Å². The van der Waals surface area contributed by atoms with Gasteiger partial charge >= 0.3 is 13.8 Å². The largest absolute Gasteiger partial charge is 0.475 e. The maximum atomic E-state index is 13.2. The average Bonchev–Trinajstić information content (AvgIpc) is 3.38. The molecule has 2 aliphatic rings. The van der Waals surface area contributed by atoms with E-state index in [0.717, 1.165) is 5.56 Å². The van der Waals surface area contributed by atoms with Gasteiger partial charge in [0, 0.05) is 25.7 Å². The van der Waals surface area contributed by atoms with Crippen LogP contribution in [0.3, 0.4) is 0 Å². The fraction of sp³-hybridized carbons (Fsp3) is 0.476. The highest BCUT2D eigenvalue weighted by molar-refractivity contribution is 7.48. The number of anilines is 1. The van der Waals surface area contributed by atoms with Crippen molar-refractivity contribution in [1.29, 1.82) is 0 Å². The van der Waals surface area contributed by atoms with Crippen molar-refractivity contribution in [3.05, 3.63) is 42.7 Å². The van der Waals surface area contributed by atoms with Crippen molar-refractivity contribution in [1.82, 2.24) is 24.5 Å². The summed E-state index contributed by atoms with van der Waals surface area (Å²) in [5, 5.41) is 11.4. The second-order valence-corrected chi connectivity index (χ2v) is 10.2. The third-order valence-corrected chi connectivity index (χ3v) is 7.49. The summed E-state index contributed by atoms with van der Waals surface area (Å²) in [7, 11) is -3.99. The molecule has 0 aromatic carbocycles. The van der Waals surface area contributed by atoms with Gasteiger partial charge in [-0.15, -0.1) is 0 Å². The van der Waals surface area contributed by atoms with E-state index in [4.69, 9.17) is 28.8 Å². The third-order valence-electron chi connectivity index (χ3n) is 6.01. The number of aromatic nitrogens is 5. The highest BCUT2D eigenvalue weighted by Crippen LogP contribution is 2.57. The summed E-state index contributed by atoms with van der Waals surface area (Å²) < 4.78 is 42.7. The van der Waals surface area contributed by atoms with Crippen LogP contribution < -0.4 is 5.73 Å². The highest BCUT2D eigenvalue weighted by atomic mass is 31.2. The minimum Gasteiger partial charge on any atom is -0.456 e. The number of nitrogens with zero attached hydrogens (tertiary/aromatic N) is 5. The fourth-order valence-corrected chi connectivity index (χ4v) is 5.72. The lowest BCUT2D eigenvalue weighted by Gasteiger charge is -2.31. The second-order valence-electron chi connectivity index (χ2n) is 8.61. The van der Waals surface area contributed by atoms with Crippen LogP contribution in [-0.2, 0) is 32.4 Å². The summed E-state index contributed by atoms with van der Waals surface area (Å²) >= 11 is 0. The molecule has 192 valence electrons. The number of nitrogen functional groups attached to an aromatic ring is 1. The normalized spacial score (nSPS) is 32.5. The number of nitrogens with two attached hydrogens (primary N) is 1. The molecular weight excluding hydrogens is 495 g/mol. The number of esters is 1. The predicted molar refractivity (Wildman–Crippen MR) is 122 cm³/mol. The van der Waals surface area contributed by atoms with Crippen molar-refractivity contribution in [3.63, 3.8) is 0 Å². The molecule has 0 aliphatic carbocycles. The van der Waals surface area contributed by atoms with Gasteiger partial charge in [-0.3, -0.25) is 27.9 Å². The summed E-state index contributed by atoms with van der Waals surface area (Å²) in [4.78, 5) is 28.1. The molecule has 5 rings (SSSR count). The van der Waals surface area contributed by atoms with Gasteiger partial charge < -0.3 is 20.3 Å². The minimum atomic E-state index is -3.99. The molecule has 2 saturated heterocycles. The van der Waals surface area contributed by atoms with E-state index in [1.165, 1.54) is 31.1 Å². The Labute approximate surface area is 205 Å². The smallest absolute Gasteiger partial charge is 0.456 e.